The van der Waals surface area contributed by atoms with Crippen LogP contribution in [0.5, 0.6) is 0 Å². The van der Waals surface area contributed by atoms with Gasteiger partial charge in [-0.15, -0.1) is 0 Å². The summed E-state index contributed by atoms with van der Waals surface area (Å²) in [7, 11) is -4.02. The number of benzene rings is 3. The Labute approximate surface area is 222 Å². The predicted molar refractivity (Wildman–Crippen MR) is 143 cm³/mol. The first-order chi connectivity index (χ1) is 18.0. The van der Waals surface area contributed by atoms with Gasteiger partial charge in [0.15, 0.2) is 0 Å². The molecule has 0 aliphatic carbocycles. The van der Waals surface area contributed by atoms with Gasteiger partial charge in [0.25, 0.3) is 0 Å². The number of sulfonamides is 1. The fourth-order valence-electron chi connectivity index (χ4n) is 3.99. The van der Waals surface area contributed by atoms with Crippen molar-refractivity contribution in [2.24, 2.45) is 0 Å². The molecule has 202 valence electrons. The Balaban J connectivity index is 2.07. The van der Waals surface area contributed by atoms with Crippen molar-refractivity contribution in [2.75, 3.05) is 17.1 Å². The zero-order valence-electron chi connectivity index (χ0n) is 21.5. The van der Waals surface area contributed by atoms with Crippen molar-refractivity contribution in [3.63, 3.8) is 0 Å². The SMILES string of the molecule is CC(C)NC(=O)[C@H](Cc1ccccc1)N(Cc1ccccc1F)C(=O)CN(c1cccc(F)c1)S(C)(=O)=O. The van der Waals surface area contributed by atoms with Crippen molar-refractivity contribution in [2.45, 2.75) is 38.9 Å². The molecule has 1 N–H and O–H groups in total. The molecule has 3 rings (SSSR count). The highest BCUT2D eigenvalue weighted by Crippen LogP contribution is 2.21. The molecule has 3 aromatic rings. The van der Waals surface area contributed by atoms with Crippen molar-refractivity contribution in [3.8, 4) is 0 Å². The summed E-state index contributed by atoms with van der Waals surface area (Å²) in [5.41, 5.74) is 0.874. The molecule has 0 unspecified atom stereocenters. The normalized spacial score (nSPS) is 12.2. The topological polar surface area (TPSA) is 86.8 Å². The smallest absolute Gasteiger partial charge is 0.244 e. The minimum Gasteiger partial charge on any atom is -0.352 e. The fourth-order valence-corrected chi connectivity index (χ4v) is 4.83. The lowest BCUT2D eigenvalue weighted by molar-refractivity contribution is -0.140. The monoisotopic (exact) mass is 543 g/mol. The third kappa shape index (κ3) is 7.85. The maximum absolute atomic E-state index is 14.7. The molecular weight excluding hydrogens is 512 g/mol. The zero-order chi connectivity index (χ0) is 27.9. The highest BCUT2D eigenvalue weighted by Gasteiger charge is 2.33. The summed E-state index contributed by atoms with van der Waals surface area (Å²) >= 11 is 0. The van der Waals surface area contributed by atoms with E-state index in [1.807, 2.05) is 6.07 Å². The number of hydrogen-bond donors (Lipinski definition) is 1. The molecule has 0 saturated heterocycles. The Morgan fingerprint density at radius 1 is 0.921 bits per heavy atom. The van der Waals surface area contributed by atoms with Crippen LogP contribution in [0.15, 0.2) is 78.9 Å². The van der Waals surface area contributed by atoms with Crippen LogP contribution in [0.2, 0.25) is 0 Å². The Morgan fingerprint density at radius 2 is 1.58 bits per heavy atom. The van der Waals surface area contributed by atoms with E-state index in [1.165, 1.54) is 35.2 Å². The van der Waals surface area contributed by atoms with E-state index in [0.29, 0.717) is 0 Å². The lowest BCUT2D eigenvalue weighted by atomic mass is 10.0. The third-order valence-electron chi connectivity index (χ3n) is 5.78. The molecule has 0 radical (unpaired) electrons. The lowest BCUT2D eigenvalue weighted by Gasteiger charge is -2.34. The molecule has 0 bridgehead atoms. The summed E-state index contributed by atoms with van der Waals surface area (Å²) in [5, 5.41) is 2.81. The van der Waals surface area contributed by atoms with Gasteiger partial charge in [-0.2, -0.15) is 0 Å². The zero-order valence-corrected chi connectivity index (χ0v) is 22.3. The first-order valence-corrected chi connectivity index (χ1v) is 13.9. The van der Waals surface area contributed by atoms with Crippen LogP contribution >= 0.6 is 0 Å². The van der Waals surface area contributed by atoms with Crippen LogP contribution in [0.3, 0.4) is 0 Å². The van der Waals surface area contributed by atoms with E-state index in [2.05, 4.69) is 5.32 Å². The number of carbonyl (C=O) groups is 2. The average molecular weight is 544 g/mol. The van der Waals surface area contributed by atoms with Gasteiger partial charge in [0.1, 0.15) is 24.2 Å². The van der Waals surface area contributed by atoms with E-state index >= 15 is 0 Å². The van der Waals surface area contributed by atoms with Crippen molar-refractivity contribution >= 4 is 27.5 Å². The molecule has 3 aromatic carbocycles. The van der Waals surface area contributed by atoms with Gasteiger partial charge in [-0.05, 0) is 43.7 Å². The van der Waals surface area contributed by atoms with Crippen LogP contribution in [0.1, 0.15) is 25.0 Å². The van der Waals surface area contributed by atoms with E-state index in [0.717, 1.165) is 28.3 Å². The van der Waals surface area contributed by atoms with Crippen molar-refractivity contribution in [1.29, 1.82) is 0 Å². The molecule has 0 saturated carbocycles. The molecule has 0 fully saturated rings. The van der Waals surface area contributed by atoms with Gasteiger partial charge < -0.3 is 10.2 Å². The molecule has 38 heavy (non-hydrogen) atoms. The molecule has 0 heterocycles. The van der Waals surface area contributed by atoms with Crippen LogP contribution in [-0.4, -0.2) is 50.0 Å². The van der Waals surface area contributed by atoms with Gasteiger partial charge in [-0.3, -0.25) is 13.9 Å². The van der Waals surface area contributed by atoms with Crippen molar-refractivity contribution < 1.29 is 26.8 Å². The number of nitrogens with zero attached hydrogens (tertiary/aromatic N) is 2. The quantitative estimate of drug-likeness (QED) is 0.398. The van der Waals surface area contributed by atoms with Crippen LogP contribution in [0, 0.1) is 11.6 Å². The summed E-state index contributed by atoms with van der Waals surface area (Å²) < 4.78 is 54.7. The van der Waals surface area contributed by atoms with Gasteiger partial charge in [0.05, 0.1) is 11.9 Å². The van der Waals surface area contributed by atoms with Crippen molar-refractivity contribution in [3.05, 3.63) is 102 Å². The summed E-state index contributed by atoms with van der Waals surface area (Å²) in [4.78, 5) is 28.4. The maximum atomic E-state index is 14.7. The Morgan fingerprint density at radius 3 is 2.18 bits per heavy atom. The second kappa shape index (κ2) is 12.6. The summed E-state index contributed by atoms with van der Waals surface area (Å²) in [5.74, 6) is -2.46. The minimum atomic E-state index is -4.02. The number of halogens is 2. The van der Waals surface area contributed by atoms with E-state index in [4.69, 9.17) is 0 Å². The molecule has 0 aliphatic rings. The standard InChI is InChI=1S/C28H31F2N3O4S/c1-20(2)31-28(35)26(16-21-10-5-4-6-11-21)32(18-22-12-7-8-15-25(22)30)27(34)19-33(38(3,36)37)24-14-9-13-23(29)17-24/h4-15,17,20,26H,16,18-19H2,1-3H3,(H,31,35)/t26-/m0/s1. The number of rotatable bonds is 11. The van der Waals surface area contributed by atoms with Gasteiger partial charge in [0, 0.05) is 24.6 Å². The Bertz CT molecular complexity index is 1370. The first kappa shape index (κ1) is 28.8. The Kier molecular flexibility index (Phi) is 9.57. The lowest BCUT2D eigenvalue weighted by Crippen LogP contribution is -2.54. The third-order valence-corrected chi connectivity index (χ3v) is 6.92. The summed E-state index contributed by atoms with van der Waals surface area (Å²) in [6.07, 6.45) is 1.01. The van der Waals surface area contributed by atoms with E-state index in [-0.39, 0.29) is 30.3 Å². The maximum Gasteiger partial charge on any atom is 0.244 e. The summed E-state index contributed by atoms with van der Waals surface area (Å²) in [6, 6.07) is 18.4. The number of nitrogens with one attached hydrogen (secondary N) is 1. The van der Waals surface area contributed by atoms with Crippen LogP contribution in [-0.2, 0) is 32.6 Å². The number of carbonyl (C=O) groups excluding carboxylic acids is 2. The highest BCUT2D eigenvalue weighted by molar-refractivity contribution is 7.92. The fraction of sp³-hybridized carbons (Fsp3) is 0.286. The molecular formula is C28H31F2N3O4S. The first-order valence-electron chi connectivity index (χ1n) is 12.1. The number of amides is 2. The summed E-state index contributed by atoms with van der Waals surface area (Å²) in [6.45, 7) is 2.55. The van der Waals surface area contributed by atoms with E-state index < -0.39 is 46.1 Å². The van der Waals surface area contributed by atoms with E-state index in [9.17, 15) is 26.8 Å². The van der Waals surface area contributed by atoms with Gasteiger partial charge >= 0.3 is 0 Å². The molecule has 0 aromatic heterocycles. The van der Waals surface area contributed by atoms with Crippen LogP contribution in [0.25, 0.3) is 0 Å². The second-order valence-electron chi connectivity index (χ2n) is 9.23. The second-order valence-corrected chi connectivity index (χ2v) is 11.1. The molecule has 2 amide bonds. The Hall–Kier alpha value is -3.79. The minimum absolute atomic E-state index is 0.0436. The molecule has 0 aliphatic heterocycles. The largest absolute Gasteiger partial charge is 0.352 e. The predicted octanol–water partition coefficient (Wildman–Crippen LogP) is 3.90. The van der Waals surface area contributed by atoms with Crippen LogP contribution < -0.4 is 9.62 Å². The molecule has 7 nitrogen and oxygen atoms in total. The van der Waals surface area contributed by atoms with Gasteiger partial charge in [0.2, 0.25) is 21.8 Å². The van der Waals surface area contributed by atoms with Crippen molar-refractivity contribution in [1.82, 2.24) is 10.2 Å². The highest BCUT2D eigenvalue weighted by atomic mass is 32.2. The van der Waals surface area contributed by atoms with Crippen LogP contribution in [0.4, 0.5) is 14.5 Å². The van der Waals surface area contributed by atoms with E-state index in [1.54, 1.807) is 44.2 Å². The average Bonchev–Trinajstić information content (AvgIpc) is 2.85. The number of anilines is 1. The van der Waals surface area contributed by atoms with Gasteiger partial charge in [-0.1, -0.05) is 54.6 Å². The molecule has 1 atom stereocenters. The van der Waals surface area contributed by atoms with Gasteiger partial charge in [-0.25, -0.2) is 17.2 Å². The number of hydrogen-bond acceptors (Lipinski definition) is 4. The molecule has 10 heteroatoms. The molecule has 0 spiro atoms.